The van der Waals surface area contributed by atoms with E-state index in [1.165, 1.54) is 0 Å². The van der Waals surface area contributed by atoms with Gasteiger partial charge in [-0.2, -0.15) is 5.10 Å². The van der Waals surface area contributed by atoms with Crippen molar-refractivity contribution in [2.75, 3.05) is 0 Å². The van der Waals surface area contributed by atoms with E-state index in [2.05, 4.69) is 42.9 Å². The van der Waals surface area contributed by atoms with Gasteiger partial charge in [-0.05, 0) is 12.3 Å². The number of nitrogens with one attached hydrogen (secondary N) is 1. The Morgan fingerprint density at radius 1 is 1.27 bits per heavy atom. The number of nitrogens with two attached hydrogens (primary N) is 1. The molecule has 0 saturated carbocycles. The van der Waals surface area contributed by atoms with Crippen molar-refractivity contribution in [3.05, 3.63) is 11.6 Å². The van der Waals surface area contributed by atoms with Crippen LogP contribution in [-0.2, 0) is 0 Å². The highest BCUT2D eigenvalue weighted by Gasteiger charge is 2.18. The van der Waals surface area contributed by atoms with Gasteiger partial charge in [0, 0.05) is 5.92 Å². The van der Waals surface area contributed by atoms with Crippen molar-refractivity contribution < 1.29 is 0 Å². The number of hydrogen-bond acceptors (Lipinski definition) is 3. The number of aromatic nitrogens is 3. The molecule has 0 amide bonds. The monoisotopic (exact) mass is 210 g/mol. The average molecular weight is 210 g/mol. The number of hydrogen-bond donors (Lipinski definition) is 2. The van der Waals surface area contributed by atoms with E-state index < -0.39 is 0 Å². The summed E-state index contributed by atoms with van der Waals surface area (Å²) in [6, 6.07) is -0.0275. The van der Waals surface area contributed by atoms with Crippen LogP contribution in [0.4, 0.5) is 0 Å². The van der Waals surface area contributed by atoms with Crippen molar-refractivity contribution in [3.8, 4) is 0 Å². The maximum atomic E-state index is 6.07. The summed E-state index contributed by atoms with van der Waals surface area (Å²) in [5.74, 6) is 2.53. The molecule has 4 nitrogen and oxygen atoms in total. The van der Waals surface area contributed by atoms with Crippen molar-refractivity contribution in [1.29, 1.82) is 0 Å². The predicted molar refractivity (Wildman–Crippen MR) is 61.5 cm³/mol. The van der Waals surface area contributed by atoms with Crippen LogP contribution in [0.1, 0.15) is 64.1 Å². The molecule has 0 aliphatic heterocycles. The molecular weight excluding hydrogens is 188 g/mol. The molecule has 86 valence electrons. The molecule has 0 aromatic carbocycles. The third kappa shape index (κ3) is 2.78. The van der Waals surface area contributed by atoms with E-state index in [-0.39, 0.29) is 6.04 Å². The zero-order chi connectivity index (χ0) is 11.4. The molecule has 3 N–H and O–H groups in total. The van der Waals surface area contributed by atoms with Crippen LogP contribution in [0.3, 0.4) is 0 Å². The normalized spacial score (nSPS) is 17.4. The summed E-state index contributed by atoms with van der Waals surface area (Å²) in [4.78, 5) is 4.46. The van der Waals surface area contributed by atoms with E-state index in [9.17, 15) is 0 Å². The Bertz CT molecular complexity index is 295. The minimum atomic E-state index is -0.0275. The topological polar surface area (TPSA) is 67.6 Å². The number of aromatic amines is 1. The van der Waals surface area contributed by atoms with Gasteiger partial charge in [0.05, 0.1) is 6.04 Å². The lowest BCUT2D eigenvalue weighted by Gasteiger charge is -2.14. The maximum absolute atomic E-state index is 6.07. The van der Waals surface area contributed by atoms with Gasteiger partial charge < -0.3 is 5.73 Å². The van der Waals surface area contributed by atoms with Gasteiger partial charge in [-0.1, -0.05) is 34.1 Å². The standard InChI is InChI=1S/C11H22N4/c1-5-7(3)9(12)11-13-10(14-15-11)8(4)6-2/h7-9H,5-6,12H2,1-4H3,(H,13,14,15). The summed E-state index contributed by atoms with van der Waals surface area (Å²) in [6.45, 7) is 8.53. The Hall–Kier alpha value is -0.900. The number of rotatable bonds is 5. The molecule has 15 heavy (non-hydrogen) atoms. The van der Waals surface area contributed by atoms with Gasteiger partial charge in [-0.3, -0.25) is 5.10 Å². The van der Waals surface area contributed by atoms with Crippen LogP contribution < -0.4 is 5.73 Å². The molecule has 3 atom stereocenters. The van der Waals surface area contributed by atoms with E-state index in [0.717, 1.165) is 24.5 Å². The SMILES string of the molecule is CCC(C)c1n[nH]c(C(N)C(C)CC)n1. The van der Waals surface area contributed by atoms with E-state index in [1.54, 1.807) is 0 Å². The smallest absolute Gasteiger partial charge is 0.153 e. The summed E-state index contributed by atoms with van der Waals surface area (Å²) in [5.41, 5.74) is 6.07. The number of nitrogens with zero attached hydrogens (tertiary/aromatic N) is 2. The van der Waals surface area contributed by atoms with Gasteiger partial charge in [0.25, 0.3) is 0 Å². The van der Waals surface area contributed by atoms with E-state index in [0.29, 0.717) is 11.8 Å². The molecule has 0 radical (unpaired) electrons. The molecule has 1 heterocycles. The quantitative estimate of drug-likeness (QED) is 0.784. The lowest BCUT2D eigenvalue weighted by atomic mass is 10.00. The molecular formula is C11H22N4. The van der Waals surface area contributed by atoms with Crippen LogP contribution in [-0.4, -0.2) is 15.2 Å². The summed E-state index contributed by atoms with van der Waals surface area (Å²) < 4.78 is 0. The minimum absolute atomic E-state index is 0.0275. The first-order valence-electron chi connectivity index (χ1n) is 5.77. The highest BCUT2D eigenvalue weighted by Crippen LogP contribution is 2.20. The van der Waals surface area contributed by atoms with Crippen molar-refractivity contribution in [3.63, 3.8) is 0 Å². The molecule has 0 saturated heterocycles. The first-order valence-corrected chi connectivity index (χ1v) is 5.77. The van der Waals surface area contributed by atoms with Crippen molar-refractivity contribution in [2.45, 2.75) is 52.5 Å². The minimum Gasteiger partial charge on any atom is -0.321 e. The highest BCUT2D eigenvalue weighted by molar-refractivity contribution is 5.00. The van der Waals surface area contributed by atoms with Crippen LogP contribution >= 0.6 is 0 Å². The molecule has 0 aliphatic rings. The largest absolute Gasteiger partial charge is 0.321 e. The number of H-pyrrole nitrogens is 1. The van der Waals surface area contributed by atoms with Crippen LogP contribution in [0.2, 0.25) is 0 Å². The fraction of sp³-hybridized carbons (Fsp3) is 0.818. The lowest BCUT2D eigenvalue weighted by molar-refractivity contribution is 0.439. The Labute approximate surface area is 91.7 Å². The van der Waals surface area contributed by atoms with Crippen molar-refractivity contribution >= 4 is 0 Å². The zero-order valence-corrected chi connectivity index (χ0v) is 10.1. The van der Waals surface area contributed by atoms with Crippen LogP contribution in [0, 0.1) is 5.92 Å². The molecule has 0 spiro atoms. The second-order valence-corrected chi connectivity index (χ2v) is 4.30. The van der Waals surface area contributed by atoms with Gasteiger partial charge in [0.15, 0.2) is 5.82 Å². The lowest BCUT2D eigenvalue weighted by Crippen LogP contribution is -2.20. The van der Waals surface area contributed by atoms with Crippen molar-refractivity contribution in [2.24, 2.45) is 11.7 Å². The third-order valence-corrected chi connectivity index (χ3v) is 3.15. The third-order valence-electron chi connectivity index (χ3n) is 3.15. The molecule has 3 unspecified atom stereocenters. The molecule has 0 aliphatic carbocycles. The Kier molecular flexibility index (Phi) is 4.27. The molecule has 1 aromatic rings. The van der Waals surface area contributed by atoms with Gasteiger partial charge in [0.1, 0.15) is 5.82 Å². The molecule has 4 heteroatoms. The Morgan fingerprint density at radius 3 is 2.47 bits per heavy atom. The van der Waals surface area contributed by atoms with Crippen LogP contribution in [0.15, 0.2) is 0 Å². The van der Waals surface area contributed by atoms with Crippen molar-refractivity contribution in [1.82, 2.24) is 15.2 Å². The fourth-order valence-corrected chi connectivity index (χ4v) is 1.36. The van der Waals surface area contributed by atoms with Crippen LogP contribution in [0.25, 0.3) is 0 Å². The van der Waals surface area contributed by atoms with E-state index in [1.807, 2.05) is 0 Å². The molecule has 0 bridgehead atoms. The van der Waals surface area contributed by atoms with Gasteiger partial charge in [0.2, 0.25) is 0 Å². The highest BCUT2D eigenvalue weighted by atomic mass is 15.2. The molecule has 1 aromatic heterocycles. The second kappa shape index (κ2) is 5.26. The van der Waals surface area contributed by atoms with Crippen LogP contribution in [0.5, 0.6) is 0 Å². The maximum Gasteiger partial charge on any atom is 0.153 e. The summed E-state index contributed by atoms with van der Waals surface area (Å²) in [7, 11) is 0. The summed E-state index contributed by atoms with van der Waals surface area (Å²) in [6.07, 6.45) is 2.11. The molecule has 1 rings (SSSR count). The zero-order valence-electron chi connectivity index (χ0n) is 10.1. The summed E-state index contributed by atoms with van der Waals surface area (Å²) in [5, 5.41) is 7.16. The Morgan fingerprint density at radius 2 is 1.93 bits per heavy atom. The fourth-order valence-electron chi connectivity index (χ4n) is 1.36. The summed E-state index contributed by atoms with van der Waals surface area (Å²) >= 11 is 0. The second-order valence-electron chi connectivity index (χ2n) is 4.30. The predicted octanol–water partition coefficient (Wildman–Crippen LogP) is 2.36. The van der Waals surface area contributed by atoms with E-state index in [4.69, 9.17) is 5.73 Å². The van der Waals surface area contributed by atoms with E-state index >= 15 is 0 Å². The first-order chi connectivity index (χ1) is 7.10. The van der Waals surface area contributed by atoms with Gasteiger partial charge >= 0.3 is 0 Å². The average Bonchev–Trinajstić information content (AvgIpc) is 2.75. The first kappa shape index (κ1) is 12.2. The Balaban J connectivity index is 2.75. The van der Waals surface area contributed by atoms with Gasteiger partial charge in [-0.15, -0.1) is 0 Å². The van der Waals surface area contributed by atoms with Gasteiger partial charge in [-0.25, -0.2) is 4.98 Å². The molecule has 0 fully saturated rings.